The van der Waals surface area contributed by atoms with Gasteiger partial charge < -0.3 is 7.10 Å². The van der Waals surface area contributed by atoms with Gasteiger partial charge in [-0.05, 0) is 45.8 Å². The summed E-state index contributed by atoms with van der Waals surface area (Å²) in [5.41, 5.74) is 5.16. The molecule has 0 aliphatic carbocycles. The van der Waals surface area contributed by atoms with E-state index in [2.05, 4.69) is 104 Å². The average Bonchev–Trinajstić information content (AvgIpc) is 3.85. The fraction of sp³-hybridized carbons (Fsp3) is 0. The summed E-state index contributed by atoms with van der Waals surface area (Å²) in [6, 6.07) is 41.9. The summed E-state index contributed by atoms with van der Waals surface area (Å²) in [6.07, 6.45) is 0. The van der Waals surface area contributed by atoms with E-state index in [-0.39, 0.29) is 0 Å². The first kappa shape index (κ1) is 26.9. The minimum atomic E-state index is -2.80. The number of rotatable bonds is 0. The molecule has 0 spiro atoms. The number of hydrogen-bond donors (Lipinski definition) is 0. The van der Waals surface area contributed by atoms with Crippen LogP contribution in [0.2, 0.25) is 0 Å². The Bertz CT molecular complexity index is 2980. The molecular formula is C40H20AlClN8. The molecule has 0 saturated carbocycles. The number of aromatic nitrogens is 2. The third kappa shape index (κ3) is 3.51. The quantitative estimate of drug-likeness (QED) is 0.150. The molecule has 230 valence electrons. The molecule has 8 aromatic rings. The molecule has 10 heteroatoms. The summed E-state index contributed by atoms with van der Waals surface area (Å²) < 4.78 is 4.25. The van der Waals surface area contributed by atoms with Crippen LogP contribution in [0.15, 0.2) is 151 Å². The van der Waals surface area contributed by atoms with Gasteiger partial charge in [-0.1, -0.05) is 97.1 Å². The van der Waals surface area contributed by atoms with Crippen molar-refractivity contribution in [2.24, 2.45) is 30.0 Å². The summed E-state index contributed by atoms with van der Waals surface area (Å²) in [5.74, 6) is 3.83. The maximum Gasteiger partial charge on any atom is 0.722 e. The highest BCUT2D eigenvalue weighted by molar-refractivity contribution is 7.05. The lowest BCUT2D eigenvalue weighted by Crippen LogP contribution is -2.43. The lowest BCUT2D eigenvalue weighted by Gasteiger charge is -2.15. The zero-order valence-corrected chi connectivity index (χ0v) is 28.0. The van der Waals surface area contributed by atoms with Crippen molar-refractivity contribution in [2.45, 2.75) is 0 Å². The zero-order chi connectivity index (χ0) is 32.7. The number of fused-ring (bicyclic) bond motifs is 16. The maximum atomic E-state index is 7.92. The van der Waals surface area contributed by atoms with E-state index in [1.165, 1.54) is 0 Å². The van der Waals surface area contributed by atoms with Gasteiger partial charge in [0.25, 0.3) is 0 Å². The number of nitrogens with zero attached hydrogens (tertiary/aromatic N) is 8. The Morgan fingerprint density at radius 2 is 0.720 bits per heavy atom. The lowest BCUT2D eigenvalue weighted by molar-refractivity contribution is 0.983. The van der Waals surface area contributed by atoms with Gasteiger partial charge in [0.15, 0.2) is 23.3 Å². The molecule has 6 bridgehead atoms. The van der Waals surface area contributed by atoms with Crippen molar-refractivity contribution < 1.29 is 0 Å². The third-order valence-corrected chi connectivity index (χ3v) is 13.2. The first-order valence-electron chi connectivity index (χ1n) is 16.4. The topological polar surface area (TPSA) is 84.0 Å². The molecule has 4 aliphatic rings. The van der Waals surface area contributed by atoms with Crippen molar-refractivity contribution in [3.8, 4) is 0 Å². The minimum Gasteiger partial charge on any atom is -0.370 e. The normalized spacial score (nSPS) is 15.3. The van der Waals surface area contributed by atoms with E-state index in [1.807, 2.05) is 24.3 Å². The van der Waals surface area contributed by atoms with Gasteiger partial charge in [0.2, 0.25) is 0 Å². The third-order valence-electron chi connectivity index (χ3n) is 10.2. The molecule has 50 heavy (non-hydrogen) atoms. The summed E-state index contributed by atoms with van der Waals surface area (Å²) in [7, 11) is 7.92. The fourth-order valence-electron chi connectivity index (χ4n) is 7.85. The van der Waals surface area contributed by atoms with Crippen molar-refractivity contribution in [3.05, 3.63) is 155 Å². The molecule has 0 amide bonds. The van der Waals surface area contributed by atoms with Crippen LogP contribution in [-0.4, -0.2) is 44.1 Å². The second kappa shape index (κ2) is 9.59. The molecule has 0 saturated heterocycles. The van der Waals surface area contributed by atoms with E-state index in [4.69, 9.17) is 40.0 Å². The van der Waals surface area contributed by atoms with E-state index in [0.29, 0.717) is 46.0 Å². The fourth-order valence-corrected chi connectivity index (χ4v) is 10.8. The van der Waals surface area contributed by atoms with Crippen LogP contribution in [0, 0.1) is 0 Å². The first-order chi connectivity index (χ1) is 24.7. The summed E-state index contributed by atoms with van der Waals surface area (Å²) >= 11 is -2.80. The van der Waals surface area contributed by atoms with Crippen LogP contribution in [-0.2, 0) is 0 Å². The lowest BCUT2D eigenvalue weighted by atomic mass is 10.0. The zero-order valence-electron chi connectivity index (χ0n) is 26.1. The maximum absolute atomic E-state index is 7.92. The molecule has 6 aromatic carbocycles. The molecular weight excluding hydrogens is 655 g/mol. The molecule has 12 rings (SSSR count). The second-order valence-electron chi connectivity index (χ2n) is 12.9. The van der Waals surface area contributed by atoms with Crippen LogP contribution in [0.25, 0.3) is 43.1 Å². The Balaban J connectivity index is 1.31. The van der Waals surface area contributed by atoms with Gasteiger partial charge in [-0.25, -0.2) is 30.0 Å². The molecule has 0 fully saturated rings. The molecule has 0 atom stereocenters. The highest BCUT2D eigenvalue weighted by atomic mass is 35.6. The van der Waals surface area contributed by atoms with Crippen molar-refractivity contribution >= 4 is 102 Å². The Labute approximate surface area is 292 Å². The Morgan fingerprint density at radius 1 is 0.380 bits per heavy atom. The van der Waals surface area contributed by atoms with E-state index in [0.717, 1.165) is 65.3 Å². The van der Waals surface area contributed by atoms with E-state index >= 15 is 0 Å². The molecule has 8 nitrogen and oxygen atoms in total. The Kier molecular flexibility index (Phi) is 5.16. The average molecular weight is 675 g/mol. The van der Waals surface area contributed by atoms with E-state index in [9.17, 15) is 0 Å². The van der Waals surface area contributed by atoms with Gasteiger partial charge in [-0.2, -0.15) is 10.0 Å². The summed E-state index contributed by atoms with van der Waals surface area (Å²) in [5, 5.41) is 8.23. The van der Waals surface area contributed by atoms with Crippen molar-refractivity contribution in [1.82, 2.24) is 7.10 Å². The predicted molar refractivity (Wildman–Crippen MR) is 202 cm³/mol. The van der Waals surface area contributed by atoms with Crippen LogP contribution < -0.4 is 11.0 Å². The van der Waals surface area contributed by atoms with Crippen LogP contribution in [0.3, 0.4) is 0 Å². The summed E-state index contributed by atoms with van der Waals surface area (Å²) in [6.45, 7) is 0. The number of hydrogen-bond acceptors (Lipinski definition) is 6. The van der Waals surface area contributed by atoms with Crippen molar-refractivity contribution in [1.29, 1.82) is 0 Å². The minimum absolute atomic E-state index is 0.602. The Hall–Kier alpha value is -5.98. The van der Waals surface area contributed by atoms with E-state index < -0.39 is 13.7 Å². The predicted octanol–water partition coefficient (Wildman–Crippen LogP) is 7.47. The van der Waals surface area contributed by atoms with Gasteiger partial charge in [0.05, 0.1) is 0 Å². The van der Waals surface area contributed by atoms with E-state index in [1.54, 1.807) is 0 Å². The van der Waals surface area contributed by atoms with Crippen LogP contribution in [0.5, 0.6) is 0 Å². The van der Waals surface area contributed by atoms with Gasteiger partial charge in [0, 0.05) is 43.8 Å². The van der Waals surface area contributed by atoms with Crippen LogP contribution in [0.1, 0.15) is 22.3 Å². The molecule has 0 N–H and O–H groups in total. The standard InChI is InChI=1S/C40H20N8.Al.ClH/c1-2-10-22-18-30-29(17-21(22)9-1)37-43-33-25-13-5-6-14-26(25)35(41-33)45-39-31-19-23-11-3-4-12-24(23)20-32(31)40(48-39)46-36-28-16-8-7-15-27(28)34(42-36)44-38(30)47-37;;/h1-20H;;1H/q-2;+3;/p-1. The smallest absolute Gasteiger partial charge is 0.370 e. The molecule has 2 aromatic heterocycles. The number of aliphatic imine (C=N–C) groups is 4. The summed E-state index contributed by atoms with van der Waals surface area (Å²) in [4.78, 5) is 31.8. The van der Waals surface area contributed by atoms with Crippen LogP contribution >= 0.6 is 10.0 Å². The highest BCUT2D eigenvalue weighted by Crippen LogP contribution is 2.42. The number of amidine groups is 4. The van der Waals surface area contributed by atoms with Gasteiger partial charge in [-0.15, -0.1) is 0 Å². The SMILES string of the molecule is [Cl][Al]1[n]2c3c4ccccc4c2N=C2N=C(N=c4c5ccccc5c([n]41)=NC1=NC(=N3)c3cc4ccccc4cc31)c1cc3ccccc3cc12. The molecule has 0 unspecified atom stereocenters. The van der Waals surface area contributed by atoms with Crippen molar-refractivity contribution in [3.63, 3.8) is 0 Å². The first-order valence-corrected chi connectivity index (χ1v) is 19.2. The van der Waals surface area contributed by atoms with Gasteiger partial charge >= 0.3 is 13.7 Å². The second-order valence-corrected chi connectivity index (χ2v) is 15.7. The monoisotopic (exact) mass is 674 g/mol. The Morgan fingerprint density at radius 3 is 1.12 bits per heavy atom. The number of benzene rings is 6. The molecule has 6 heterocycles. The van der Waals surface area contributed by atoms with Crippen molar-refractivity contribution in [2.75, 3.05) is 0 Å². The molecule has 0 radical (unpaired) electrons. The molecule has 4 aliphatic heterocycles. The van der Waals surface area contributed by atoms with Gasteiger partial charge in [-0.3, -0.25) is 0 Å². The number of halogens is 1. The highest BCUT2D eigenvalue weighted by Gasteiger charge is 2.38. The van der Waals surface area contributed by atoms with Gasteiger partial charge in [0.1, 0.15) is 22.6 Å². The largest absolute Gasteiger partial charge is 0.722 e. The van der Waals surface area contributed by atoms with Crippen LogP contribution in [0.4, 0.5) is 11.6 Å².